The van der Waals surface area contributed by atoms with Gasteiger partial charge >= 0.3 is 5.97 Å². The van der Waals surface area contributed by atoms with E-state index in [0.717, 1.165) is 12.1 Å². The second-order valence-electron chi connectivity index (χ2n) is 4.37. The number of aromatic carboxylic acids is 1. The van der Waals surface area contributed by atoms with Crippen molar-refractivity contribution in [3.8, 4) is 0 Å². The second kappa shape index (κ2) is 6.71. The number of carboxylic acid groups (broad SMARTS) is 1. The average Bonchev–Trinajstić information content (AvgIpc) is 2.46. The molecule has 1 aliphatic heterocycles. The van der Waals surface area contributed by atoms with Gasteiger partial charge in [-0.25, -0.2) is 17.9 Å². The fourth-order valence-electron chi connectivity index (χ4n) is 1.78. The van der Waals surface area contributed by atoms with E-state index in [9.17, 15) is 13.2 Å². The molecule has 0 aromatic heterocycles. The summed E-state index contributed by atoms with van der Waals surface area (Å²) in [6.07, 6.45) is -0.345. The lowest BCUT2D eigenvalue weighted by Crippen LogP contribution is -2.39. The van der Waals surface area contributed by atoms with E-state index >= 15 is 0 Å². The monoisotopic (exact) mass is 335 g/mol. The van der Waals surface area contributed by atoms with Gasteiger partial charge in [0, 0.05) is 6.54 Å². The van der Waals surface area contributed by atoms with Crippen molar-refractivity contribution >= 4 is 27.6 Å². The smallest absolute Gasteiger partial charge is 0.337 e. The largest absolute Gasteiger partial charge is 0.478 e. The minimum Gasteiger partial charge on any atom is -0.478 e. The summed E-state index contributed by atoms with van der Waals surface area (Å²) in [6, 6.07) is 3.45. The standard InChI is InChI=1S/C12H14ClNO6S/c13-11-5-9(1-2-10(11)12(15)16)21(17,18)14-6-8-7-19-3-4-20-8/h1-2,5,8,14H,3-4,6-7H2,(H,15,16). The Hall–Kier alpha value is -1.19. The van der Waals surface area contributed by atoms with E-state index in [4.69, 9.17) is 26.2 Å². The molecule has 1 aromatic carbocycles. The maximum atomic E-state index is 12.1. The van der Waals surface area contributed by atoms with Crippen LogP contribution in [-0.2, 0) is 19.5 Å². The number of carboxylic acids is 1. The van der Waals surface area contributed by atoms with Crippen LogP contribution in [0.2, 0.25) is 5.02 Å². The molecule has 0 radical (unpaired) electrons. The summed E-state index contributed by atoms with van der Waals surface area (Å²) < 4.78 is 37.1. The highest BCUT2D eigenvalue weighted by Crippen LogP contribution is 2.20. The van der Waals surface area contributed by atoms with Gasteiger partial charge < -0.3 is 14.6 Å². The van der Waals surface area contributed by atoms with Gasteiger partial charge in [-0.05, 0) is 18.2 Å². The molecular formula is C12H14ClNO6S. The van der Waals surface area contributed by atoms with Crippen LogP contribution in [0.1, 0.15) is 10.4 Å². The number of benzene rings is 1. The van der Waals surface area contributed by atoms with Crippen molar-refractivity contribution in [3.05, 3.63) is 28.8 Å². The Labute approximate surface area is 126 Å². The molecule has 2 N–H and O–H groups in total. The molecule has 1 aliphatic rings. The van der Waals surface area contributed by atoms with E-state index < -0.39 is 16.0 Å². The van der Waals surface area contributed by atoms with Gasteiger partial charge in [0.1, 0.15) is 0 Å². The van der Waals surface area contributed by atoms with Crippen molar-refractivity contribution in [3.63, 3.8) is 0 Å². The summed E-state index contributed by atoms with van der Waals surface area (Å²) in [5, 5.41) is 8.72. The summed E-state index contributed by atoms with van der Waals surface area (Å²) in [4.78, 5) is 10.7. The molecule has 1 fully saturated rings. The van der Waals surface area contributed by atoms with Crippen molar-refractivity contribution in [2.24, 2.45) is 0 Å². The number of sulfonamides is 1. The highest BCUT2D eigenvalue weighted by molar-refractivity contribution is 7.89. The molecule has 0 saturated carbocycles. The highest BCUT2D eigenvalue weighted by Gasteiger charge is 2.21. The average molecular weight is 336 g/mol. The number of hydrogen-bond acceptors (Lipinski definition) is 5. The van der Waals surface area contributed by atoms with Gasteiger partial charge in [0.15, 0.2) is 0 Å². The molecular weight excluding hydrogens is 322 g/mol. The molecule has 9 heteroatoms. The molecule has 0 amide bonds. The van der Waals surface area contributed by atoms with Crippen LogP contribution in [0, 0.1) is 0 Å². The Bertz CT molecular complexity index is 627. The second-order valence-corrected chi connectivity index (χ2v) is 6.54. The third-order valence-corrected chi connectivity index (χ3v) is 4.60. The van der Waals surface area contributed by atoms with Gasteiger partial charge in [-0.2, -0.15) is 0 Å². The highest BCUT2D eigenvalue weighted by atomic mass is 35.5. The minimum atomic E-state index is -3.79. The number of hydrogen-bond donors (Lipinski definition) is 2. The molecule has 1 aromatic rings. The first-order valence-corrected chi connectivity index (χ1v) is 7.98. The lowest BCUT2D eigenvalue weighted by Gasteiger charge is -2.23. The van der Waals surface area contributed by atoms with Crippen LogP contribution in [-0.4, -0.2) is 52.0 Å². The molecule has 0 aliphatic carbocycles. The lowest BCUT2D eigenvalue weighted by atomic mass is 10.2. The Morgan fingerprint density at radius 1 is 1.43 bits per heavy atom. The van der Waals surface area contributed by atoms with Gasteiger partial charge in [-0.3, -0.25) is 0 Å². The van der Waals surface area contributed by atoms with E-state index in [2.05, 4.69) is 4.72 Å². The first-order valence-electron chi connectivity index (χ1n) is 6.12. The Morgan fingerprint density at radius 2 is 2.19 bits per heavy atom. The number of halogens is 1. The number of rotatable bonds is 5. The van der Waals surface area contributed by atoms with Gasteiger partial charge in [0.2, 0.25) is 10.0 Å². The normalized spacial score (nSPS) is 19.4. The quantitative estimate of drug-likeness (QED) is 0.822. The van der Waals surface area contributed by atoms with Crippen molar-refractivity contribution < 1.29 is 27.8 Å². The van der Waals surface area contributed by atoms with Crippen molar-refractivity contribution in [2.45, 2.75) is 11.0 Å². The molecule has 1 saturated heterocycles. The molecule has 7 nitrogen and oxygen atoms in total. The summed E-state index contributed by atoms with van der Waals surface area (Å²) in [5.41, 5.74) is -0.153. The van der Waals surface area contributed by atoms with Crippen molar-refractivity contribution in [1.29, 1.82) is 0 Å². The maximum absolute atomic E-state index is 12.1. The lowest BCUT2D eigenvalue weighted by molar-refractivity contribution is -0.0846. The maximum Gasteiger partial charge on any atom is 0.337 e. The van der Waals surface area contributed by atoms with Gasteiger partial charge in [0.05, 0.1) is 41.4 Å². The van der Waals surface area contributed by atoms with E-state index in [1.807, 2.05) is 0 Å². The number of ether oxygens (including phenoxy) is 2. The summed E-state index contributed by atoms with van der Waals surface area (Å²) in [5.74, 6) is -1.22. The van der Waals surface area contributed by atoms with Crippen LogP contribution in [0.15, 0.2) is 23.1 Å². The first kappa shape index (κ1) is 16.2. The SMILES string of the molecule is O=C(O)c1ccc(S(=O)(=O)NCC2COCCO2)cc1Cl. The topological polar surface area (TPSA) is 102 Å². The molecule has 0 spiro atoms. The zero-order valence-electron chi connectivity index (χ0n) is 10.9. The molecule has 21 heavy (non-hydrogen) atoms. The van der Waals surface area contributed by atoms with Crippen molar-refractivity contribution in [1.82, 2.24) is 4.72 Å². The summed E-state index contributed by atoms with van der Waals surface area (Å²) in [7, 11) is -3.79. The zero-order valence-corrected chi connectivity index (χ0v) is 12.5. The van der Waals surface area contributed by atoms with E-state index in [0.29, 0.717) is 19.8 Å². The summed E-state index contributed by atoms with van der Waals surface area (Å²) in [6.45, 7) is 1.31. The number of carbonyl (C=O) groups is 1. The van der Waals surface area contributed by atoms with Crippen LogP contribution in [0.25, 0.3) is 0 Å². The van der Waals surface area contributed by atoms with Gasteiger partial charge in [-0.15, -0.1) is 0 Å². The Kier molecular flexibility index (Phi) is 5.17. The first-order chi connectivity index (χ1) is 9.90. The predicted molar refractivity (Wildman–Crippen MR) is 74.2 cm³/mol. The van der Waals surface area contributed by atoms with E-state index in [1.54, 1.807) is 0 Å². The van der Waals surface area contributed by atoms with E-state index in [1.165, 1.54) is 6.07 Å². The Morgan fingerprint density at radius 3 is 2.76 bits per heavy atom. The van der Waals surface area contributed by atoms with Crippen LogP contribution in [0.4, 0.5) is 0 Å². The Balaban J connectivity index is 2.08. The van der Waals surface area contributed by atoms with Crippen LogP contribution >= 0.6 is 11.6 Å². The zero-order chi connectivity index (χ0) is 15.5. The molecule has 2 rings (SSSR count). The third-order valence-electron chi connectivity index (χ3n) is 2.87. The minimum absolute atomic E-state index is 0.0701. The fraction of sp³-hybridized carbons (Fsp3) is 0.417. The molecule has 0 bridgehead atoms. The molecule has 1 unspecified atom stereocenters. The molecule has 116 valence electrons. The summed E-state index contributed by atoms with van der Waals surface area (Å²) >= 11 is 5.76. The molecule has 1 atom stereocenters. The van der Waals surface area contributed by atoms with Crippen molar-refractivity contribution in [2.75, 3.05) is 26.4 Å². The molecule has 1 heterocycles. The predicted octanol–water partition coefficient (Wildman–Crippen LogP) is 0.732. The van der Waals surface area contributed by atoms with Gasteiger partial charge in [-0.1, -0.05) is 11.6 Å². The van der Waals surface area contributed by atoms with Crippen LogP contribution in [0.5, 0.6) is 0 Å². The third kappa shape index (κ3) is 4.14. The van der Waals surface area contributed by atoms with Crippen LogP contribution in [0.3, 0.4) is 0 Å². The number of nitrogens with one attached hydrogen (secondary N) is 1. The van der Waals surface area contributed by atoms with Gasteiger partial charge in [0.25, 0.3) is 0 Å². The van der Waals surface area contributed by atoms with E-state index in [-0.39, 0.29) is 28.1 Å². The van der Waals surface area contributed by atoms with Crippen LogP contribution < -0.4 is 4.72 Å². The fourth-order valence-corrected chi connectivity index (χ4v) is 3.20.